The minimum Gasteiger partial charge on any atom is -0.437 e. The lowest BCUT2D eigenvalue weighted by Gasteiger charge is -2.33. The Kier molecular flexibility index (Phi) is 5.81. The van der Waals surface area contributed by atoms with E-state index >= 15 is 0 Å². The molecule has 1 fully saturated rings. The van der Waals surface area contributed by atoms with E-state index in [1.807, 2.05) is 37.8 Å². The molecule has 0 atom stereocenters. The van der Waals surface area contributed by atoms with Crippen molar-refractivity contribution in [1.82, 2.24) is 14.6 Å². The molecular formula is C20H26N4O4S. The highest BCUT2D eigenvalue weighted by Crippen LogP contribution is 2.34. The number of aromatic nitrogens is 1. The van der Waals surface area contributed by atoms with Crippen LogP contribution in [0.4, 0.5) is 5.82 Å². The lowest BCUT2D eigenvalue weighted by atomic mass is 10.1. The zero-order chi connectivity index (χ0) is 21.3. The average molecular weight is 419 g/mol. The molecule has 0 unspecified atom stereocenters. The summed E-state index contributed by atoms with van der Waals surface area (Å²) in [7, 11) is -0.682. The van der Waals surface area contributed by atoms with Crippen LogP contribution in [0.3, 0.4) is 0 Å². The SMILES string of the molecule is CNS(=O)(=O)c1ccc(N2CCN(C)C(=O)C2)nc1Oc1c(C)cc(C)cc1C. The number of ether oxygens (including phenoxy) is 1. The maximum atomic E-state index is 12.5. The number of hydrogen-bond donors (Lipinski definition) is 1. The third-order valence-electron chi connectivity index (χ3n) is 4.95. The maximum Gasteiger partial charge on any atom is 0.245 e. The molecule has 1 N–H and O–H groups in total. The molecule has 9 heteroatoms. The fourth-order valence-electron chi connectivity index (χ4n) is 3.36. The van der Waals surface area contributed by atoms with E-state index in [1.54, 1.807) is 18.0 Å². The van der Waals surface area contributed by atoms with Gasteiger partial charge in [0.25, 0.3) is 0 Å². The van der Waals surface area contributed by atoms with E-state index in [1.165, 1.54) is 13.1 Å². The van der Waals surface area contributed by atoms with Crippen LogP contribution in [0.15, 0.2) is 29.2 Å². The summed E-state index contributed by atoms with van der Waals surface area (Å²) in [6.45, 7) is 7.17. The monoisotopic (exact) mass is 418 g/mol. The van der Waals surface area contributed by atoms with Crippen molar-refractivity contribution in [3.05, 3.63) is 41.0 Å². The summed E-state index contributed by atoms with van der Waals surface area (Å²) in [5.74, 6) is 1.04. The predicted molar refractivity (Wildman–Crippen MR) is 111 cm³/mol. The van der Waals surface area contributed by atoms with Gasteiger partial charge in [0.2, 0.25) is 21.8 Å². The van der Waals surface area contributed by atoms with Crippen molar-refractivity contribution < 1.29 is 17.9 Å². The predicted octanol–water partition coefficient (Wildman–Crippen LogP) is 1.99. The topological polar surface area (TPSA) is 91.8 Å². The number of carbonyl (C=O) groups excluding carboxylic acids is 1. The first kappa shape index (κ1) is 21.1. The third kappa shape index (κ3) is 4.35. The molecule has 0 spiro atoms. The fourth-order valence-corrected chi connectivity index (χ4v) is 4.14. The first-order valence-corrected chi connectivity index (χ1v) is 10.8. The number of likely N-dealkylation sites (N-methyl/N-ethyl adjacent to an activating group) is 1. The summed E-state index contributed by atoms with van der Waals surface area (Å²) < 4.78 is 33.4. The van der Waals surface area contributed by atoms with Crippen LogP contribution >= 0.6 is 0 Å². The van der Waals surface area contributed by atoms with E-state index in [0.717, 1.165) is 16.7 Å². The maximum absolute atomic E-state index is 12.5. The second-order valence-electron chi connectivity index (χ2n) is 7.25. The van der Waals surface area contributed by atoms with Crippen molar-refractivity contribution in [2.24, 2.45) is 0 Å². The van der Waals surface area contributed by atoms with Crippen LogP contribution in [0.5, 0.6) is 11.6 Å². The molecule has 1 amide bonds. The van der Waals surface area contributed by atoms with Crippen molar-refractivity contribution in [3.8, 4) is 11.6 Å². The highest BCUT2D eigenvalue weighted by atomic mass is 32.2. The van der Waals surface area contributed by atoms with Gasteiger partial charge in [-0.25, -0.2) is 13.1 Å². The van der Waals surface area contributed by atoms with Gasteiger partial charge in [0, 0.05) is 20.1 Å². The van der Waals surface area contributed by atoms with Crippen molar-refractivity contribution >= 4 is 21.7 Å². The lowest BCUT2D eigenvalue weighted by Crippen LogP contribution is -2.48. The molecule has 1 aliphatic rings. The number of benzene rings is 1. The Morgan fingerprint density at radius 2 is 1.76 bits per heavy atom. The molecule has 0 bridgehead atoms. The van der Waals surface area contributed by atoms with Gasteiger partial charge in [-0.05, 0) is 51.1 Å². The summed E-state index contributed by atoms with van der Waals surface area (Å²) in [5.41, 5.74) is 2.86. The molecule has 1 saturated heterocycles. The molecule has 1 aliphatic heterocycles. The van der Waals surface area contributed by atoms with Gasteiger partial charge < -0.3 is 14.5 Å². The number of amides is 1. The minimum absolute atomic E-state index is 0.0155. The van der Waals surface area contributed by atoms with E-state index < -0.39 is 10.0 Å². The van der Waals surface area contributed by atoms with Crippen LogP contribution in [0, 0.1) is 20.8 Å². The van der Waals surface area contributed by atoms with Gasteiger partial charge in [0.1, 0.15) is 16.5 Å². The molecule has 1 aromatic carbocycles. The molecule has 0 saturated carbocycles. The van der Waals surface area contributed by atoms with Crippen molar-refractivity contribution in [2.75, 3.05) is 38.6 Å². The van der Waals surface area contributed by atoms with E-state index in [0.29, 0.717) is 24.7 Å². The molecule has 0 aliphatic carbocycles. The van der Waals surface area contributed by atoms with Crippen LogP contribution in [0.25, 0.3) is 0 Å². The van der Waals surface area contributed by atoms with Gasteiger partial charge in [-0.3, -0.25) is 4.79 Å². The van der Waals surface area contributed by atoms with Crippen molar-refractivity contribution in [3.63, 3.8) is 0 Å². The van der Waals surface area contributed by atoms with Crippen molar-refractivity contribution in [2.45, 2.75) is 25.7 Å². The number of pyridine rings is 1. The Labute approximate surface area is 171 Å². The Morgan fingerprint density at radius 1 is 1.10 bits per heavy atom. The largest absolute Gasteiger partial charge is 0.437 e. The third-order valence-corrected chi connectivity index (χ3v) is 6.38. The van der Waals surface area contributed by atoms with E-state index in [2.05, 4.69) is 9.71 Å². The second-order valence-corrected chi connectivity index (χ2v) is 9.10. The van der Waals surface area contributed by atoms with E-state index in [-0.39, 0.29) is 23.2 Å². The molecule has 156 valence electrons. The summed E-state index contributed by atoms with van der Waals surface area (Å²) in [4.78, 5) is 20.0. The number of aryl methyl sites for hydroxylation is 3. The summed E-state index contributed by atoms with van der Waals surface area (Å²) in [6.07, 6.45) is 0. The standard InChI is InChI=1S/C20H26N4O4S/c1-13-10-14(2)19(15(3)11-13)28-20-16(29(26,27)21-4)6-7-17(22-20)24-9-8-23(5)18(25)12-24/h6-7,10-11,21H,8-9,12H2,1-5H3. The fraction of sp³-hybridized carbons (Fsp3) is 0.400. The lowest BCUT2D eigenvalue weighted by molar-refractivity contribution is -0.129. The summed E-state index contributed by atoms with van der Waals surface area (Å²) >= 11 is 0. The Bertz CT molecular complexity index is 1030. The van der Waals surface area contributed by atoms with Gasteiger partial charge in [0.15, 0.2) is 0 Å². The van der Waals surface area contributed by atoms with Gasteiger partial charge in [-0.2, -0.15) is 4.98 Å². The van der Waals surface area contributed by atoms with Crippen LogP contribution in [-0.2, 0) is 14.8 Å². The van der Waals surface area contributed by atoms with Crippen LogP contribution in [-0.4, -0.2) is 57.9 Å². The molecular weight excluding hydrogens is 392 g/mol. The number of carbonyl (C=O) groups is 1. The first-order valence-electron chi connectivity index (χ1n) is 9.31. The number of sulfonamides is 1. The molecule has 29 heavy (non-hydrogen) atoms. The molecule has 3 rings (SSSR count). The molecule has 8 nitrogen and oxygen atoms in total. The van der Waals surface area contributed by atoms with E-state index in [9.17, 15) is 13.2 Å². The normalized spacial score (nSPS) is 15.0. The Morgan fingerprint density at radius 3 is 2.34 bits per heavy atom. The van der Waals surface area contributed by atoms with E-state index in [4.69, 9.17) is 4.74 Å². The van der Waals surface area contributed by atoms with Crippen molar-refractivity contribution in [1.29, 1.82) is 0 Å². The average Bonchev–Trinajstić information content (AvgIpc) is 2.66. The Balaban J connectivity index is 2.06. The van der Waals surface area contributed by atoms with Crippen LogP contribution in [0.1, 0.15) is 16.7 Å². The molecule has 2 heterocycles. The molecule has 2 aromatic rings. The molecule has 1 aromatic heterocycles. The highest BCUT2D eigenvalue weighted by Gasteiger charge is 2.26. The summed E-state index contributed by atoms with van der Waals surface area (Å²) in [6, 6.07) is 7.00. The van der Waals surface area contributed by atoms with Crippen LogP contribution < -0.4 is 14.4 Å². The highest BCUT2D eigenvalue weighted by molar-refractivity contribution is 7.89. The number of anilines is 1. The number of hydrogen-bond acceptors (Lipinski definition) is 6. The van der Waals surface area contributed by atoms with Gasteiger partial charge in [-0.15, -0.1) is 0 Å². The smallest absolute Gasteiger partial charge is 0.245 e. The van der Waals surface area contributed by atoms with Crippen LogP contribution in [0.2, 0.25) is 0 Å². The van der Waals surface area contributed by atoms with Gasteiger partial charge >= 0.3 is 0 Å². The number of nitrogens with one attached hydrogen (secondary N) is 1. The number of nitrogens with zero attached hydrogens (tertiary/aromatic N) is 3. The summed E-state index contributed by atoms with van der Waals surface area (Å²) in [5, 5.41) is 0. The molecule has 0 radical (unpaired) electrons. The van der Waals surface area contributed by atoms with Gasteiger partial charge in [-0.1, -0.05) is 17.7 Å². The quantitative estimate of drug-likeness (QED) is 0.798. The minimum atomic E-state index is -3.78. The number of piperazine rings is 1. The zero-order valence-corrected chi connectivity index (χ0v) is 18.1. The Hall–Kier alpha value is -2.65. The van der Waals surface area contributed by atoms with Gasteiger partial charge in [0.05, 0.1) is 6.54 Å². The second kappa shape index (κ2) is 8.00. The number of rotatable bonds is 5. The zero-order valence-electron chi connectivity index (χ0n) is 17.3. The first-order chi connectivity index (χ1) is 13.6.